The molecular formula is C12H11NO3. The summed E-state index contributed by atoms with van der Waals surface area (Å²) in [4.78, 5) is 22.6. The third-order valence-electron chi connectivity index (χ3n) is 2.55. The first-order chi connectivity index (χ1) is 7.52. The Morgan fingerprint density at radius 3 is 2.56 bits per heavy atom. The van der Waals surface area contributed by atoms with Gasteiger partial charge < -0.3 is 9.51 Å². The fourth-order valence-electron chi connectivity index (χ4n) is 1.90. The van der Waals surface area contributed by atoms with Crippen LogP contribution in [0.15, 0.2) is 24.3 Å². The Balaban J connectivity index is 2.94. The zero-order valence-corrected chi connectivity index (χ0v) is 9.02. The number of hydrogen-bond donors (Lipinski definition) is 1. The van der Waals surface area contributed by atoms with Crippen molar-refractivity contribution in [2.24, 2.45) is 0 Å². The number of Topliss-reactive ketones (excluding diaryl/α,β-unsaturated/α-hetero) is 1. The number of rotatable bonds is 2. The molecule has 0 amide bonds. The highest BCUT2D eigenvalue weighted by Gasteiger charge is 2.19. The molecule has 82 valence electrons. The van der Waals surface area contributed by atoms with Crippen LogP contribution in [-0.2, 0) is 0 Å². The number of pyridine rings is 1. The Labute approximate surface area is 92.1 Å². The summed E-state index contributed by atoms with van der Waals surface area (Å²) >= 11 is 0. The first-order valence-electron chi connectivity index (χ1n) is 4.87. The van der Waals surface area contributed by atoms with E-state index >= 15 is 0 Å². The van der Waals surface area contributed by atoms with Crippen LogP contribution in [-0.4, -0.2) is 21.3 Å². The molecule has 2 rings (SSSR count). The van der Waals surface area contributed by atoms with Crippen LogP contribution in [0.25, 0.3) is 5.52 Å². The number of ketones is 1. The van der Waals surface area contributed by atoms with Gasteiger partial charge >= 0.3 is 5.97 Å². The molecule has 4 nitrogen and oxygen atoms in total. The van der Waals surface area contributed by atoms with Gasteiger partial charge in [-0.15, -0.1) is 0 Å². The lowest BCUT2D eigenvalue weighted by Gasteiger charge is -2.04. The summed E-state index contributed by atoms with van der Waals surface area (Å²) in [6.07, 6.45) is 0. The number of carboxylic acids is 1. The van der Waals surface area contributed by atoms with Crippen LogP contribution < -0.4 is 0 Å². The summed E-state index contributed by atoms with van der Waals surface area (Å²) in [5.74, 6) is -1.32. The van der Waals surface area contributed by atoms with Gasteiger partial charge in [0.15, 0.2) is 5.78 Å². The first-order valence-corrected chi connectivity index (χ1v) is 4.87. The van der Waals surface area contributed by atoms with Crippen LogP contribution in [0.5, 0.6) is 0 Å². The molecule has 1 N–H and O–H groups in total. The molecule has 0 bridgehead atoms. The fraction of sp³-hybridized carbons (Fsp3) is 0.167. The maximum Gasteiger partial charge on any atom is 0.338 e. The van der Waals surface area contributed by atoms with Crippen molar-refractivity contribution in [3.63, 3.8) is 0 Å². The van der Waals surface area contributed by atoms with Gasteiger partial charge in [0.25, 0.3) is 0 Å². The quantitative estimate of drug-likeness (QED) is 0.784. The molecule has 0 radical (unpaired) electrons. The number of fused-ring (bicyclic) bond motifs is 1. The van der Waals surface area contributed by atoms with Gasteiger partial charge in [-0.05, 0) is 25.1 Å². The normalized spacial score (nSPS) is 10.6. The molecule has 0 aliphatic heterocycles. The summed E-state index contributed by atoms with van der Waals surface area (Å²) in [5, 5.41) is 9.04. The minimum absolute atomic E-state index is 0.0572. The minimum Gasteiger partial charge on any atom is -0.478 e. The predicted molar refractivity (Wildman–Crippen MR) is 59.1 cm³/mol. The smallest absolute Gasteiger partial charge is 0.338 e. The number of carbonyl (C=O) groups excluding carboxylic acids is 1. The van der Waals surface area contributed by atoms with Gasteiger partial charge in [0, 0.05) is 18.1 Å². The molecule has 0 spiro atoms. The van der Waals surface area contributed by atoms with E-state index < -0.39 is 5.97 Å². The number of aromatic nitrogens is 1. The molecule has 0 fully saturated rings. The summed E-state index contributed by atoms with van der Waals surface area (Å²) in [6.45, 7) is 3.21. The molecular weight excluding hydrogens is 206 g/mol. The Morgan fingerprint density at radius 1 is 1.31 bits per heavy atom. The van der Waals surface area contributed by atoms with Crippen molar-refractivity contribution in [1.29, 1.82) is 0 Å². The zero-order chi connectivity index (χ0) is 11.9. The maximum atomic E-state index is 11.5. The molecule has 2 heterocycles. The molecule has 0 saturated carbocycles. The van der Waals surface area contributed by atoms with Gasteiger partial charge in [0.05, 0.1) is 5.56 Å². The first kappa shape index (κ1) is 10.4. The topological polar surface area (TPSA) is 58.8 Å². The van der Waals surface area contributed by atoms with Gasteiger partial charge in [-0.2, -0.15) is 0 Å². The van der Waals surface area contributed by atoms with E-state index in [1.165, 1.54) is 13.0 Å². The lowest BCUT2D eigenvalue weighted by Crippen LogP contribution is -2.07. The standard InChI is InChI=1S/C12H11NO3/c1-7-4-3-5-9-6-10(12(15)16)11(8(2)14)13(7)9/h3-6H,1-2H3,(H,15,16). The Bertz CT molecular complexity index is 596. The van der Waals surface area contributed by atoms with Crippen LogP contribution >= 0.6 is 0 Å². The highest BCUT2D eigenvalue weighted by atomic mass is 16.4. The van der Waals surface area contributed by atoms with Crippen LogP contribution in [0, 0.1) is 6.92 Å². The van der Waals surface area contributed by atoms with Gasteiger partial charge in [-0.3, -0.25) is 4.79 Å². The second-order valence-corrected chi connectivity index (χ2v) is 3.70. The maximum absolute atomic E-state index is 11.5. The molecule has 16 heavy (non-hydrogen) atoms. The molecule has 0 unspecified atom stereocenters. The molecule has 2 aromatic heterocycles. The fourth-order valence-corrected chi connectivity index (χ4v) is 1.90. The van der Waals surface area contributed by atoms with E-state index in [4.69, 9.17) is 5.11 Å². The average molecular weight is 217 g/mol. The van der Waals surface area contributed by atoms with Crippen LogP contribution in [0.3, 0.4) is 0 Å². The number of carbonyl (C=O) groups is 2. The monoisotopic (exact) mass is 217 g/mol. The van der Waals surface area contributed by atoms with E-state index in [0.717, 1.165) is 11.2 Å². The molecule has 4 heteroatoms. The number of aryl methyl sites for hydroxylation is 1. The molecule has 0 saturated heterocycles. The van der Waals surface area contributed by atoms with Gasteiger partial charge in [-0.25, -0.2) is 4.79 Å². The summed E-state index contributed by atoms with van der Waals surface area (Å²) in [6, 6.07) is 6.98. The Kier molecular flexibility index (Phi) is 2.27. The van der Waals surface area contributed by atoms with E-state index in [2.05, 4.69) is 0 Å². The van der Waals surface area contributed by atoms with Crippen LogP contribution in [0.1, 0.15) is 33.5 Å². The molecule has 0 atom stereocenters. The predicted octanol–water partition coefficient (Wildman–Crippen LogP) is 2.15. The van der Waals surface area contributed by atoms with E-state index in [1.807, 2.05) is 19.1 Å². The second kappa shape index (κ2) is 3.48. The summed E-state index contributed by atoms with van der Waals surface area (Å²) < 4.78 is 1.67. The highest BCUT2D eigenvalue weighted by Crippen LogP contribution is 2.19. The molecule has 2 aromatic rings. The van der Waals surface area contributed by atoms with Gasteiger partial charge in [0.1, 0.15) is 5.69 Å². The van der Waals surface area contributed by atoms with Gasteiger partial charge in [-0.1, -0.05) is 6.07 Å². The van der Waals surface area contributed by atoms with E-state index in [-0.39, 0.29) is 17.0 Å². The number of nitrogens with zero attached hydrogens (tertiary/aromatic N) is 1. The highest BCUT2D eigenvalue weighted by molar-refractivity contribution is 6.05. The molecule has 0 aliphatic rings. The number of carboxylic acid groups (broad SMARTS) is 1. The SMILES string of the molecule is CC(=O)c1c(C(=O)O)cc2cccc(C)n12. The van der Waals surface area contributed by atoms with Crippen molar-refractivity contribution in [2.75, 3.05) is 0 Å². The lowest BCUT2D eigenvalue weighted by molar-refractivity contribution is 0.0692. The Morgan fingerprint density at radius 2 is 2.00 bits per heavy atom. The summed E-state index contributed by atoms with van der Waals surface area (Å²) in [5.41, 5.74) is 1.86. The summed E-state index contributed by atoms with van der Waals surface area (Å²) in [7, 11) is 0. The third-order valence-corrected chi connectivity index (χ3v) is 2.55. The minimum atomic E-state index is -1.08. The molecule has 0 aliphatic carbocycles. The zero-order valence-electron chi connectivity index (χ0n) is 9.02. The Hall–Kier alpha value is -2.10. The van der Waals surface area contributed by atoms with Gasteiger partial charge in [0.2, 0.25) is 0 Å². The van der Waals surface area contributed by atoms with Crippen LogP contribution in [0.4, 0.5) is 0 Å². The van der Waals surface area contributed by atoms with Crippen molar-refractivity contribution in [3.8, 4) is 0 Å². The number of hydrogen-bond acceptors (Lipinski definition) is 2. The largest absolute Gasteiger partial charge is 0.478 e. The van der Waals surface area contributed by atoms with E-state index in [0.29, 0.717) is 0 Å². The van der Waals surface area contributed by atoms with Crippen molar-refractivity contribution < 1.29 is 14.7 Å². The number of aromatic carboxylic acids is 1. The van der Waals surface area contributed by atoms with Crippen molar-refractivity contribution in [3.05, 3.63) is 41.2 Å². The van der Waals surface area contributed by atoms with E-state index in [1.54, 1.807) is 10.5 Å². The lowest BCUT2D eigenvalue weighted by atomic mass is 10.2. The molecule has 0 aromatic carbocycles. The van der Waals surface area contributed by atoms with Crippen LogP contribution in [0.2, 0.25) is 0 Å². The average Bonchev–Trinajstić information content (AvgIpc) is 2.58. The van der Waals surface area contributed by atoms with Crippen molar-refractivity contribution in [1.82, 2.24) is 4.40 Å². The van der Waals surface area contributed by atoms with E-state index in [9.17, 15) is 9.59 Å². The third kappa shape index (κ3) is 1.39. The second-order valence-electron chi connectivity index (χ2n) is 3.70. The van der Waals surface area contributed by atoms with Crippen molar-refractivity contribution in [2.45, 2.75) is 13.8 Å². The van der Waals surface area contributed by atoms with Crippen molar-refractivity contribution >= 4 is 17.3 Å².